The van der Waals surface area contributed by atoms with Gasteiger partial charge in [0.15, 0.2) is 0 Å². The van der Waals surface area contributed by atoms with Crippen molar-refractivity contribution in [1.82, 2.24) is 0 Å². The summed E-state index contributed by atoms with van der Waals surface area (Å²) in [6.07, 6.45) is -5.92. The van der Waals surface area contributed by atoms with Crippen LogP contribution in [0.1, 0.15) is 22.8 Å². The Morgan fingerprint density at radius 2 is 1.58 bits per heavy atom. The van der Waals surface area contributed by atoms with Crippen LogP contribution in [0.4, 0.5) is 0 Å². The van der Waals surface area contributed by atoms with Gasteiger partial charge in [-0.05, 0) is 54.8 Å². The number of aliphatic hydroxyl groups excluding tert-OH is 4. The Balaban J connectivity index is 1.84. The molecular formula is C20H24O6. The predicted octanol–water partition coefficient (Wildman–Crippen LogP) is 1.61. The van der Waals surface area contributed by atoms with E-state index in [0.717, 1.165) is 11.1 Å². The number of aryl methyl sites for hydroxylation is 2. The zero-order chi connectivity index (χ0) is 18.8. The Bertz CT molecular complexity index is 739. The molecule has 26 heavy (non-hydrogen) atoms. The second-order valence-electron chi connectivity index (χ2n) is 6.75. The number of benzene rings is 2. The summed E-state index contributed by atoms with van der Waals surface area (Å²) in [5.41, 5.74) is 2.76. The van der Waals surface area contributed by atoms with Crippen molar-refractivity contribution < 1.29 is 29.9 Å². The first-order chi connectivity index (χ1) is 12.4. The third-order valence-electron chi connectivity index (χ3n) is 4.51. The van der Waals surface area contributed by atoms with Gasteiger partial charge in [0.2, 0.25) is 0 Å². The minimum absolute atomic E-state index is 0.458. The van der Waals surface area contributed by atoms with E-state index in [2.05, 4.69) is 6.07 Å². The summed E-state index contributed by atoms with van der Waals surface area (Å²) >= 11 is 0. The highest BCUT2D eigenvalue weighted by Gasteiger charge is 2.43. The van der Waals surface area contributed by atoms with Crippen molar-refractivity contribution in [2.24, 2.45) is 0 Å². The third kappa shape index (κ3) is 3.90. The molecule has 0 aromatic heterocycles. The Hall–Kier alpha value is -1.96. The lowest BCUT2D eigenvalue weighted by atomic mass is 9.91. The fourth-order valence-corrected chi connectivity index (χ4v) is 3.26. The molecule has 4 N–H and O–H groups in total. The van der Waals surface area contributed by atoms with Crippen LogP contribution in [0, 0.1) is 13.8 Å². The summed E-state index contributed by atoms with van der Waals surface area (Å²) in [5.74, 6) is 1.26. The lowest BCUT2D eigenvalue weighted by molar-refractivity contribution is -0.231. The normalized spacial score (nSPS) is 28.8. The second kappa shape index (κ2) is 7.73. The van der Waals surface area contributed by atoms with Crippen molar-refractivity contribution in [2.45, 2.75) is 44.4 Å². The van der Waals surface area contributed by atoms with E-state index in [1.54, 1.807) is 24.3 Å². The van der Waals surface area contributed by atoms with E-state index in [1.165, 1.54) is 0 Å². The topological polar surface area (TPSA) is 99.4 Å². The van der Waals surface area contributed by atoms with Crippen molar-refractivity contribution in [2.75, 3.05) is 6.61 Å². The molecule has 3 rings (SSSR count). The fraction of sp³-hybridized carbons (Fsp3) is 0.400. The summed E-state index contributed by atoms with van der Waals surface area (Å²) in [6.45, 7) is 3.52. The quantitative estimate of drug-likeness (QED) is 0.661. The minimum atomic E-state index is -1.41. The number of rotatable bonds is 4. The molecule has 6 heteroatoms. The van der Waals surface area contributed by atoms with Crippen LogP contribution in [0.2, 0.25) is 0 Å². The summed E-state index contributed by atoms with van der Waals surface area (Å²) in [7, 11) is 0. The average Bonchev–Trinajstić information content (AvgIpc) is 2.59. The third-order valence-corrected chi connectivity index (χ3v) is 4.51. The standard InChI is InChI=1S/C20H24O6/c1-11-6-12(2)8-15(7-11)25-14-5-3-4-13(9-14)20-19(24)18(23)17(22)16(10-21)26-20/h3-9,16-24H,10H2,1-2H3/t16-,17-,18+,19+,20-/m1/s1. The van der Waals surface area contributed by atoms with Crippen LogP contribution in [0.25, 0.3) is 0 Å². The van der Waals surface area contributed by atoms with E-state index in [1.807, 2.05) is 26.0 Å². The molecule has 0 unspecified atom stereocenters. The molecular weight excluding hydrogens is 336 g/mol. The smallest absolute Gasteiger partial charge is 0.127 e. The van der Waals surface area contributed by atoms with Gasteiger partial charge in [-0.25, -0.2) is 0 Å². The summed E-state index contributed by atoms with van der Waals surface area (Å²) in [5, 5.41) is 39.5. The monoisotopic (exact) mass is 360 g/mol. The van der Waals surface area contributed by atoms with Crippen LogP contribution >= 0.6 is 0 Å². The van der Waals surface area contributed by atoms with Crippen molar-refractivity contribution >= 4 is 0 Å². The molecule has 1 fully saturated rings. The number of aliphatic hydroxyl groups is 4. The lowest BCUT2D eigenvalue weighted by Crippen LogP contribution is -2.55. The van der Waals surface area contributed by atoms with Gasteiger partial charge in [0.05, 0.1) is 6.61 Å². The molecule has 6 nitrogen and oxygen atoms in total. The highest BCUT2D eigenvalue weighted by atomic mass is 16.5. The molecule has 0 saturated carbocycles. The largest absolute Gasteiger partial charge is 0.457 e. The zero-order valence-electron chi connectivity index (χ0n) is 14.7. The van der Waals surface area contributed by atoms with Gasteiger partial charge >= 0.3 is 0 Å². The van der Waals surface area contributed by atoms with Crippen LogP contribution in [0.5, 0.6) is 11.5 Å². The van der Waals surface area contributed by atoms with Crippen LogP contribution in [0.3, 0.4) is 0 Å². The Morgan fingerprint density at radius 1 is 0.885 bits per heavy atom. The van der Waals surface area contributed by atoms with E-state index in [4.69, 9.17) is 9.47 Å². The van der Waals surface area contributed by atoms with Gasteiger partial charge in [-0.1, -0.05) is 18.2 Å². The second-order valence-corrected chi connectivity index (χ2v) is 6.75. The average molecular weight is 360 g/mol. The molecule has 1 aliphatic heterocycles. The lowest BCUT2D eigenvalue weighted by Gasteiger charge is -2.40. The first kappa shape index (κ1) is 18.8. The maximum atomic E-state index is 10.3. The van der Waals surface area contributed by atoms with Crippen LogP contribution < -0.4 is 4.74 Å². The number of ether oxygens (including phenoxy) is 2. The SMILES string of the molecule is Cc1cc(C)cc(Oc2cccc([C@H]3O[C@H](CO)[C@@H](O)[C@H](O)[C@@H]3O)c2)c1. The molecule has 5 atom stereocenters. The highest BCUT2D eigenvalue weighted by Crippen LogP contribution is 2.34. The Labute approximate surface area is 152 Å². The van der Waals surface area contributed by atoms with Crippen LogP contribution in [0.15, 0.2) is 42.5 Å². The van der Waals surface area contributed by atoms with Crippen molar-refractivity contribution in [3.63, 3.8) is 0 Å². The maximum absolute atomic E-state index is 10.3. The van der Waals surface area contributed by atoms with Crippen LogP contribution in [-0.2, 0) is 4.74 Å². The molecule has 1 heterocycles. The molecule has 0 bridgehead atoms. The molecule has 0 radical (unpaired) electrons. The summed E-state index contributed by atoms with van der Waals surface area (Å²) in [6, 6.07) is 12.9. The predicted molar refractivity (Wildman–Crippen MR) is 95.2 cm³/mol. The van der Waals surface area contributed by atoms with Gasteiger partial charge in [-0.2, -0.15) is 0 Å². The zero-order valence-corrected chi connectivity index (χ0v) is 14.7. The van der Waals surface area contributed by atoms with Crippen LogP contribution in [-0.4, -0.2) is 51.4 Å². The van der Waals surface area contributed by atoms with Gasteiger partial charge in [-0.15, -0.1) is 0 Å². The van der Waals surface area contributed by atoms with Gasteiger partial charge < -0.3 is 29.9 Å². The Kier molecular flexibility index (Phi) is 5.60. The van der Waals surface area contributed by atoms with Gasteiger partial charge in [0.25, 0.3) is 0 Å². The summed E-state index contributed by atoms with van der Waals surface area (Å²) < 4.78 is 11.5. The van der Waals surface area contributed by atoms with E-state index < -0.39 is 37.1 Å². The first-order valence-electron chi connectivity index (χ1n) is 8.55. The van der Waals surface area contributed by atoms with Gasteiger partial charge in [-0.3, -0.25) is 0 Å². The van der Waals surface area contributed by atoms with Crippen molar-refractivity contribution in [1.29, 1.82) is 0 Å². The van der Waals surface area contributed by atoms with E-state index >= 15 is 0 Å². The van der Waals surface area contributed by atoms with E-state index in [-0.39, 0.29) is 0 Å². The molecule has 0 aliphatic carbocycles. The fourth-order valence-electron chi connectivity index (χ4n) is 3.26. The number of hydrogen-bond donors (Lipinski definition) is 4. The molecule has 2 aromatic rings. The molecule has 140 valence electrons. The Morgan fingerprint density at radius 3 is 2.23 bits per heavy atom. The molecule has 2 aromatic carbocycles. The molecule has 0 amide bonds. The minimum Gasteiger partial charge on any atom is -0.457 e. The molecule has 0 spiro atoms. The van der Waals surface area contributed by atoms with Crippen molar-refractivity contribution in [3.8, 4) is 11.5 Å². The van der Waals surface area contributed by atoms with Gasteiger partial charge in [0, 0.05) is 0 Å². The van der Waals surface area contributed by atoms with Crippen molar-refractivity contribution in [3.05, 3.63) is 59.2 Å². The van der Waals surface area contributed by atoms with E-state index in [0.29, 0.717) is 17.1 Å². The summed E-state index contributed by atoms with van der Waals surface area (Å²) in [4.78, 5) is 0. The highest BCUT2D eigenvalue weighted by molar-refractivity contribution is 5.39. The number of hydrogen-bond acceptors (Lipinski definition) is 6. The first-order valence-corrected chi connectivity index (χ1v) is 8.55. The van der Waals surface area contributed by atoms with Gasteiger partial charge in [0.1, 0.15) is 42.0 Å². The van der Waals surface area contributed by atoms with E-state index in [9.17, 15) is 20.4 Å². The molecule has 1 aliphatic rings. The maximum Gasteiger partial charge on any atom is 0.127 e. The molecule has 1 saturated heterocycles.